The van der Waals surface area contributed by atoms with Crippen LogP contribution in [0, 0.1) is 6.92 Å². The van der Waals surface area contributed by atoms with Gasteiger partial charge in [-0.15, -0.1) is 0 Å². The lowest BCUT2D eigenvalue weighted by atomic mass is 10.1. The van der Waals surface area contributed by atoms with E-state index in [1.807, 2.05) is 58.9 Å². The number of ether oxygens (including phenoxy) is 1. The Morgan fingerprint density at radius 3 is 2.41 bits per heavy atom. The second-order valence-corrected chi connectivity index (χ2v) is 7.57. The molecule has 27 heavy (non-hydrogen) atoms. The van der Waals surface area contributed by atoms with Gasteiger partial charge < -0.3 is 15.4 Å². The molecule has 5 heteroatoms. The van der Waals surface area contributed by atoms with Crippen molar-refractivity contribution in [3.05, 3.63) is 59.7 Å². The highest BCUT2D eigenvalue weighted by molar-refractivity contribution is 6.04. The van der Waals surface area contributed by atoms with Gasteiger partial charge in [-0.1, -0.05) is 31.2 Å². The molecule has 0 aliphatic carbocycles. The van der Waals surface area contributed by atoms with Gasteiger partial charge in [-0.2, -0.15) is 0 Å². The van der Waals surface area contributed by atoms with E-state index in [-0.39, 0.29) is 17.4 Å². The van der Waals surface area contributed by atoms with Gasteiger partial charge in [0.1, 0.15) is 5.75 Å². The molecule has 0 radical (unpaired) electrons. The number of benzene rings is 2. The lowest BCUT2D eigenvalue weighted by Crippen LogP contribution is -2.41. The molecule has 0 saturated carbocycles. The first kappa shape index (κ1) is 20.5. The Kier molecular flexibility index (Phi) is 6.61. The number of carbonyl (C=O) groups is 2. The highest BCUT2D eigenvalue weighted by Crippen LogP contribution is 2.19. The van der Waals surface area contributed by atoms with Crippen molar-refractivity contribution in [1.29, 1.82) is 0 Å². The van der Waals surface area contributed by atoms with Crippen LogP contribution in [0.15, 0.2) is 48.5 Å². The lowest BCUT2D eigenvalue weighted by molar-refractivity contribution is -0.122. The Labute approximate surface area is 161 Å². The van der Waals surface area contributed by atoms with E-state index in [1.54, 1.807) is 24.3 Å². The second-order valence-electron chi connectivity index (χ2n) is 7.57. The summed E-state index contributed by atoms with van der Waals surface area (Å²) in [6.45, 7) is 9.59. The zero-order valence-electron chi connectivity index (χ0n) is 16.6. The standard InChI is InChI=1S/C22H28N2O3/c1-6-19(27-16-11-9-10-15(2)14-16)21(26)23-18-13-8-7-12-17(18)20(25)24-22(3,4)5/h7-14,19H,6H2,1-5H3,(H,23,26)(H,24,25)/t19-/m1/s1. The normalized spacial score (nSPS) is 12.2. The molecular formula is C22H28N2O3. The number of rotatable bonds is 6. The van der Waals surface area contributed by atoms with E-state index < -0.39 is 6.10 Å². The quantitative estimate of drug-likeness (QED) is 0.798. The Morgan fingerprint density at radius 1 is 1.07 bits per heavy atom. The summed E-state index contributed by atoms with van der Waals surface area (Å²) in [5.74, 6) is 0.136. The fraction of sp³-hybridized carbons (Fsp3) is 0.364. The minimum atomic E-state index is -0.648. The number of aryl methyl sites for hydroxylation is 1. The van der Waals surface area contributed by atoms with Crippen molar-refractivity contribution < 1.29 is 14.3 Å². The molecule has 0 heterocycles. The molecule has 0 aliphatic heterocycles. The van der Waals surface area contributed by atoms with Crippen molar-refractivity contribution in [3.8, 4) is 5.75 Å². The summed E-state index contributed by atoms with van der Waals surface area (Å²) in [4.78, 5) is 25.3. The first-order chi connectivity index (χ1) is 12.7. The van der Waals surface area contributed by atoms with Gasteiger partial charge in [0.15, 0.2) is 6.10 Å². The van der Waals surface area contributed by atoms with Gasteiger partial charge in [-0.05, 0) is 63.9 Å². The third-order valence-electron chi connectivity index (χ3n) is 3.85. The van der Waals surface area contributed by atoms with Crippen LogP contribution in [0.3, 0.4) is 0 Å². The maximum Gasteiger partial charge on any atom is 0.265 e. The molecule has 2 aromatic rings. The molecule has 2 rings (SSSR count). The molecule has 0 spiro atoms. The van der Waals surface area contributed by atoms with Crippen LogP contribution >= 0.6 is 0 Å². The van der Waals surface area contributed by atoms with Gasteiger partial charge in [0.05, 0.1) is 11.3 Å². The van der Waals surface area contributed by atoms with Crippen LogP contribution in [0.2, 0.25) is 0 Å². The summed E-state index contributed by atoms with van der Waals surface area (Å²) >= 11 is 0. The topological polar surface area (TPSA) is 67.4 Å². The van der Waals surface area contributed by atoms with Crippen molar-refractivity contribution in [1.82, 2.24) is 5.32 Å². The Balaban J connectivity index is 2.15. The number of hydrogen-bond acceptors (Lipinski definition) is 3. The van der Waals surface area contributed by atoms with Crippen LogP contribution < -0.4 is 15.4 Å². The van der Waals surface area contributed by atoms with E-state index in [0.29, 0.717) is 23.4 Å². The van der Waals surface area contributed by atoms with Crippen molar-refractivity contribution in [2.24, 2.45) is 0 Å². The number of para-hydroxylation sites is 1. The lowest BCUT2D eigenvalue weighted by Gasteiger charge is -2.22. The van der Waals surface area contributed by atoms with Crippen LogP contribution in [0.1, 0.15) is 50.0 Å². The summed E-state index contributed by atoms with van der Waals surface area (Å²) in [5.41, 5.74) is 1.59. The Morgan fingerprint density at radius 2 is 1.78 bits per heavy atom. The van der Waals surface area contributed by atoms with Crippen LogP contribution in [-0.4, -0.2) is 23.5 Å². The van der Waals surface area contributed by atoms with Crippen molar-refractivity contribution in [3.63, 3.8) is 0 Å². The summed E-state index contributed by atoms with van der Waals surface area (Å²) in [6, 6.07) is 14.5. The van der Waals surface area contributed by atoms with Crippen LogP contribution in [-0.2, 0) is 4.79 Å². The molecule has 2 N–H and O–H groups in total. The number of hydrogen-bond donors (Lipinski definition) is 2. The average Bonchev–Trinajstić information content (AvgIpc) is 2.58. The minimum absolute atomic E-state index is 0.231. The van der Waals surface area contributed by atoms with Gasteiger partial charge in [0.2, 0.25) is 0 Å². The predicted molar refractivity (Wildman–Crippen MR) is 108 cm³/mol. The van der Waals surface area contributed by atoms with Crippen molar-refractivity contribution in [2.75, 3.05) is 5.32 Å². The second kappa shape index (κ2) is 8.71. The monoisotopic (exact) mass is 368 g/mol. The minimum Gasteiger partial charge on any atom is -0.481 e. The smallest absolute Gasteiger partial charge is 0.265 e. The van der Waals surface area contributed by atoms with E-state index in [4.69, 9.17) is 4.74 Å². The number of carbonyl (C=O) groups excluding carboxylic acids is 2. The zero-order valence-corrected chi connectivity index (χ0v) is 16.6. The Bertz CT molecular complexity index is 809. The van der Waals surface area contributed by atoms with Gasteiger partial charge in [-0.25, -0.2) is 0 Å². The summed E-state index contributed by atoms with van der Waals surface area (Å²) in [7, 11) is 0. The molecule has 0 aromatic heterocycles. The predicted octanol–water partition coefficient (Wildman–Crippen LogP) is 4.32. The fourth-order valence-electron chi connectivity index (χ4n) is 2.59. The van der Waals surface area contributed by atoms with E-state index >= 15 is 0 Å². The maximum absolute atomic E-state index is 12.7. The summed E-state index contributed by atoms with van der Waals surface area (Å²) in [6.07, 6.45) is -0.138. The van der Waals surface area contributed by atoms with Crippen LogP contribution in [0.5, 0.6) is 5.75 Å². The van der Waals surface area contributed by atoms with Crippen molar-refractivity contribution in [2.45, 2.75) is 52.7 Å². The molecule has 2 amide bonds. The molecular weight excluding hydrogens is 340 g/mol. The largest absolute Gasteiger partial charge is 0.481 e. The zero-order chi connectivity index (χ0) is 20.0. The molecule has 1 atom stereocenters. The van der Waals surface area contributed by atoms with E-state index in [1.165, 1.54) is 0 Å². The van der Waals surface area contributed by atoms with E-state index in [0.717, 1.165) is 5.56 Å². The molecule has 2 aromatic carbocycles. The van der Waals surface area contributed by atoms with Crippen LogP contribution in [0.4, 0.5) is 5.69 Å². The number of nitrogens with one attached hydrogen (secondary N) is 2. The van der Waals surface area contributed by atoms with E-state index in [2.05, 4.69) is 10.6 Å². The third-order valence-corrected chi connectivity index (χ3v) is 3.85. The van der Waals surface area contributed by atoms with Gasteiger partial charge >= 0.3 is 0 Å². The van der Waals surface area contributed by atoms with Crippen LogP contribution in [0.25, 0.3) is 0 Å². The fourth-order valence-corrected chi connectivity index (χ4v) is 2.59. The van der Waals surface area contributed by atoms with Crippen molar-refractivity contribution >= 4 is 17.5 Å². The molecule has 0 aliphatic rings. The Hall–Kier alpha value is -2.82. The molecule has 5 nitrogen and oxygen atoms in total. The average molecular weight is 368 g/mol. The molecule has 0 bridgehead atoms. The van der Waals surface area contributed by atoms with Gasteiger partial charge in [0, 0.05) is 5.54 Å². The molecule has 0 unspecified atom stereocenters. The number of amides is 2. The van der Waals surface area contributed by atoms with E-state index in [9.17, 15) is 9.59 Å². The summed E-state index contributed by atoms with van der Waals surface area (Å²) in [5, 5.41) is 5.76. The first-order valence-corrected chi connectivity index (χ1v) is 9.15. The molecule has 0 saturated heterocycles. The molecule has 0 fully saturated rings. The SMILES string of the molecule is CC[C@@H](Oc1cccc(C)c1)C(=O)Nc1ccccc1C(=O)NC(C)(C)C. The highest BCUT2D eigenvalue weighted by atomic mass is 16.5. The summed E-state index contributed by atoms with van der Waals surface area (Å²) < 4.78 is 5.85. The third kappa shape index (κ3) is 6.13. The highest BCUT2D eigenvalue weighted by Gasteiger charge is 2.22. The first-order valence-electron chi connectivity index (χ1n) is 9.15. The molecule has 144 valence electrons. The van der Waals surface area contributed by atoms with Gasteiger partial charge in [-0.3, -0.25) is 9.59 Å². The van der Waals surface area contributed by atoms with Gasteiger partial charge in [0.25, 0.3) is 11.8 Å². The maximum atomic E-state index is 12.7. The number of anilines is 1.